The lowest BCUT2D eigenvalue weighted by molar-refractivity contribution is -0.274. The van der Waals surface area contributed by atoms with Gasteiger partial charge in [-0.2, -0.15) is 4.98 Å². The predicted molar refractivity (Wildman–Crippen MR) is 132 cm³/mol. The number of benzene rings is 2. The van der Waals surface area contributed by atoms with Crippen LogP contribution in [-0.4, -0.2) is 36.1 Å². The van der Waals surface area contributed by atoms with E-state index >= 15 is 0 Å². The number of hydrogen-bond donors (Lipinski definition) is 1. The van der Waals surface area contributed by atoms with Crippen molar-refractivity contribution in [1.29, 1.82) is 0 Å². The Morgan fingerprint density at radius 1 is 1.13 bits per heavy atom. The highest BCUT2D eigenvalue weighted by molar-refractivity contribution is 6.30. The first-order valence-corrected chi connectivity index (χ1v) is 12.0. The highest BCUT2D eigenvalue weighted by Crippen LogP contribution is 2.37. The number of ether oxygens (including phenoxy) is 2. The molecule has 1 fully saturated rings. The minimum absolute atomic E-state index is 0.00326. The van der Waals surface area contributed by atoms with E-state index in [1.54, 1.807) is 24.3 Å². The molecule has 0 aliphatic heterocycles. The fourth-order valence-electron chi connectivity index (χ4n) is 4.48. The van der Waals surface area contributed by atoms with Crippen molar-refractivity contribution in [2.45, 2.75) is 31.8 Å². The lowest BCUT2D eigenvalue weighted by Crippen LogP contribution is -2.47. The molecule has 39 heavy (non-hydrogen) atoms. The molecular weight excluding hydrogens is 545 g/mol. The number of carboxylic acid groups (broad SMARTS) is 1. The summed E-state index contributed by atoms with van der Waals surface area (Å²) in [6.45, 7) is 0.0393. The Bertz CT molecular complexity index is 1690. The number of halogens is 4. The van der Waals surface area contributed by atoms with E-state index in [1.807, 2.05) is 0 Å². The van der Waals surface area contributed by atoms with Crippen LogP contribution in [0.25, 0.3) is 11.2 Å². The SMILES string of the molecule is Cn1c(=O)n(C2CC(C(=O)O)C2)c(=O)c2c1nc(Oc1cccc(OC(F)(F)F)c1)n2Cc1ccc(Cl)cc1. The van der Waals surface area contributed by atoms with Crippen molar-refractivity contribution in [3.8, 4) is 17.5 Å². The summed E-state index contributed by atoms with van der Waals surface area (Å²) < 4.78 is 51.5. The van der Waals surface area contributed by atoms with Gasteiger partial charge in [0.2, 0.25) is 0 Å². The van der Waals surface area contributed by atoms with Gasteiger partial charge in [-0.15, -0.1) is 13.2 Å². The minimum Gasteiger partial charge on any atom is -0.481 e. The zero-order valence-electron chi connectivity index (χ0n) is 20.2. The Kier molecular flexibility index (Phi) is 6.62. The number of imidazole rings is 1. The molecule has 1 aliphatic rings. The van der Waals surface area contributed by atoms with Crippen molar-refractivity contribution >= 4 is 28.7 Å². The number of aryl methyl sites for hydroxylation is 1. The third-order valence-corrected chi connectivity index (χ3v) is 6.73. The summed E-state index contributed by atoms with van der Waals surface area (Å²) in [5, 5.41) is 9.72. The van der Waals surface area contributed by atoms with Crippen molar-refractivity contribution in [2.75, 3.05) is 0 Å². The summed E-state index contributed by atoms with van der Waals surface area (Å²) in [7, 11) is 1.41. The molecule has 2 aromatic heterocycles. The second-order valence-corrected chi connectivity index (χ2v) is 9.52. The van der Waals surface area contributed by atoms with Crippen LogP contribution in [0.1, 0.15) is 24.4 Å². The Hall–Kier alpha value is -4.26. The quantitative estimate of drug-likeness (QED) is 0.355. The van der Waals surface area contributed by atoms with Crippen molar-refractivity contribution < 1.29 is 32.5 Å². The van der Waals surface area contributed by atoms with Crippen molar-refractivity contribution in [3.63, 3.8) is 0 Å². The van der Waals surface area contributed by atoms with Gasteiger partial charge in [0, 0.05) is 24.2 Å². The molecule has 204 valence electrons. The zero-order valence-corrected chi connectivity index (χ0v) is 20.9. The van der Waals surface area contributed by atoms with Crippen LogP contribution in [0, 0.1) is 5.92 Å². The summed E-state index contributed by atoms with van der Waals surface area (Å²) in [4.78, 5) is 42.4. The molecule has 0 saturated heterocycles. The number of nitrogens with zero attached hydrogens (tertiary/aromatic N) is 4. The molecule has 1 aliphatic carbocycles. The number of fused-ring (bicyclic) bond motifs is 1. The molecule has 1 N–H and O–H groups in total. The van der Waals surface area contributed by atoms with Crippen LogP contribution in [0.4, 0.5) is 13.2 Å². The number of hydrogen-bond acceptors (Lipinski definition) is 6. The highest BCUT2D eigenvalue weighted by atomic mass is 35.5. The van der Waals surface area contributed by atoms with Gasteiger partial charge in [-0.1, -0.05) is 29.8 Å². The summed E-state index contributed by atoms with van der Waals surface area (Å²) >= 11 is 5.99. The highest BCUT2D eigenvalue weighted by Gasteiger charge is 2.38. The van der Waals surface area contributed by atoms with Gasteiger partial charge < -0.3 is 14.6 Å². The van der Waals surface area contributed by atoms with Crippen LogP contribution < -0.4 is 20.7 Å². The van der Waals surface area contributed by atoms with Gasteiger partial charge in [-0.25, -0.2) is 4.79 Å². The molecule has 5 rings (SSSR count). The molecule has 0 atom stereocenters. The summed E-state index contributed by atoms with van der Waals surface area (Å²) in [6, 6.07) is 10.7. The van der Waals surface area contributed by atoms with E-state index in [-0.39, 0.29) is 42.3 Å². The van der Waals surface area contributed by atoms with E-state index in [0.717, 1.165) is 21.3 Å². The van der Waals surface area contributed by atoms with Gasteiger partial charge in [0.15, 0.2) is 11.2 Å². The van der Waals surface area contributed by atoms with E-state index in [2.05, 4.69) is 9.72 Å². The Morgan fingerprint density at radius 2 is 1.79 bits per heavy atom. The maximum absolute atomic E-state index is 13.7. The van der Waals surface area contributed by atoms with Crippen molar-refractivity contribution in [3.05, 3.63) is 80.0 Å². The number of aromatic nitrogens is 4. The average Bonchev–Trinajstić information content (AvgIpc) is 3.17. The first-order chi connectivity index (χ1) is 18.4. The molecule has 1 saturated carbocycles. The monoisotopic (exact) mass is 564 g/mol. The summed E-state index contributed by atoms with van der Waals surface area (Å²) in [5.74, 6) is -2.24. The van der Waals surface area contributed by atoms with E-state index in [0.29, 0.717) is 10.6 Å². The molecule has 0 spiro atoms. The standard InChI is InChI=1S/C25H20ClF3N4O6/c1-31-20-19(21(34)33(24(31)37)16-9-14(10-16)22(35)36)32(12-13-5-7-15(26)8-6-13)23(30-20)38-17-3-2-4-18(11-17)39-25(27,28)29/h2-8,11,14,16H,9-10,12H2,1H3,(H,35,36). The molecule has 0 amide bonds. The van der Waals surface area contributed by atoms with Crippen LogP contribution in [0.15, 0.2) is 58.1 Å². The van der Waals surface area contributed by atoms with E-state index in [4.69, 9.17) is 16.3 Å². The van der Waals surface area contributed by atoms with Crippen molar-refractivity contribution in [2.24, 2.45) is 13.0 Å². The summed E-state index contributed by atoms with van der Waals surface area (Å²) in [5.41, 5.74) is -0.686. The zero-order chi connectivity index (χ0) is 28.1. The molecule has 2 heterocycles. The first kappa shape index (κ1) is 26.4. The second kappa shape index (κ2) is 9.80. The molecule has 4 aromatic rings. The predicted octanol–water partition coefficient (Wildman–Crippen LogP) is 4.33. The van der Waals surface area contributed by atoms with Gasteiger partial charge in [0.1, 0.15) is 11.5 Å². The minimum atomic E-state index is -4.91. The number of carboxylic acids is 1. The van der Waals surface area contributed by atoms with Gasteiger partial charge >= 0.3 is 24.0 Å². The summed E-state index contributed by atoms with van der Waals surface area (Å²) in [6.07, 6.45) is -4.67. The molecule has 2 aromatic carbocycles. The average molecular weight is 565 g/mol. The van der Waals surface area contributed by atoms with Crippen LogP contribution >= 0.6 is 11.6 Å². The van der Waals surface area contributed by atoms with Crippen LogP contribution in [0.5, 0.6) is 17.5 Å². The molecule has 14 heteroatoms. The normalized spacial score (nSPS) is 17.2. The maximum atomic E-state index is 13.7. The Balaban J connectivity index is 1.64. The van der Waals surface area contributed by atoms with Crippen molar-refractivity contribution in [1.82, 2.24) is 18.7 Å². The van der Waals surface area contributed by atoms with E-state index < -0.39 is 41.3 Å². The third-order valence-electron chi connectivity index (χ3n) is 6.48. The van der Waals surface area contributed by atoms with Gasteiger partial charge in [-0.05, 0) is 42.7 Å². The lowest BCUT2D eigenvalue weighted by atomic mass is 9.80. The first-order valence-electron chi connectivity index (χ1n) is 11.6. The molecule has 10 nitrogen and oxygen atoms in total. The lowest BCUT2D eigenvalue weighted by Gasteiger charge is -2.33. The Morgan fingerprint density at radius 3 is 2.44 bits per heavy atom. The number of alkyl halides is 3. The molecular formula is C25H20ClF3N4O6. The number of rotatable bonds is 7. The largest absolute Gasteiger partial charge is 0.573 e. The Labute approximate surface area is 222 Å². The van der Waals surface area contributed by atoms with Crippen LogP contribution in [-0.2, 0) is 18.4 Å². The third kappa shape index (κ3) is 5.21. The van der Waals surface area contributed by atoms with Crippen LogP contribution in [0.2, 0.25) is 5.02 Å². The smallest absolute Gasteiger partial charge is 0.481 e. The second-order valence-electron chi connectivity index (χ2n) is 9.08. The molecule has 0 unspecified atom stereocenters. The number of carbonyl (C=O) groups is 1. The maximum Gasteiger partial charge on any atom is 0.573 e. The fraction of sp³-hybridized carbons (Fsp3) is 0.280. The van der Waals surface area contributed by atoms with Gasteiger partial charge in [-0.3, -0.25) is 23.3 Å². The van der Waals surface area contributed by atoms with E-state index in [1.165, 1.54) is 23.7 Å². The van der Waals surface area contributed by atoms with E-state index in [9.17, 15) is 32.7 Å². The van der Waals surface area contributed by atoms with Gasteiger partial charge in [0.25, 0.3) is 5.56 Å². The van der Waals surface area contributed by atoms with Gasteiger partial charge in [0.05, 0.1) is 12.5 Å². The number of aliphatic carboxylic acids is 1. The topological polar surface area (TPSA) is 118 Å². The van der Waals surface area contributed by atoms with Crippen LogP contribution in [0.3, 0.4) is 0 Å². The molecule has 0 bridgehead atoms. The molecule has 0 radical (unpaired) electrons. The fourth-order valence-corrected chi connectivity index (χ4v) is 4.60.